The molecule has 1 unspecified atom stereocenters. The van der Waals surface area contributed by atoms with Crippen molar-refractivity contribution in [3.8, 4) is 18.6 Å². The van der Waals surface area contributed by atoms with Crippen LogP contribution in [0.2, 0.25) is 0 Å². The maximum absolute atomic E-state index is 12.3. The first kappa shape index (κ1) is 41.4. The molecule has 1 aromatic carbocycles. The number of carboxylic acid groups (broad SMARTS) is 1. The summed E-state index contributed by atoms with van der Waals surface area (Å²) >= 11 is 1.68. The second kappa shape index (κ2) is 22.8. The van der Waals surface area contributed by atoms with E-state index >= 15 is 0 Å². The lowest BCUT2D eigenvalue weighted by molar-refractivity contribution is -0.158. The van der Waals surface area contributed by atoms with Gasteiger partial charge >= 0.3 is 5.97 Å². The van der Waals surface area contributed by atoms with Crippen LogP contribution in [0.15, 0.2) is 87.8 Å². The molecule has 6 nitrogen and oxygen atoms in total. The number of carboxylic acids is 1. The lowest BCUT2D eigenvalue weighted by atomic mass is 9.79. The number of hydrogen-bond acceptors (Lipinski definition) is 6. The van der Waals surface area contributed by atoms with Gasteiger partial charge < -0.3 is 19.3 Å². The molecule has 7 heteroatoms. The fourth-order valence-corrected chi connectivity index (χ4v) is 4.66. The Morgan fingerprint density at radius 1 is 1.13 bits per heavy atom. The summed E-state index contributed by atoms with van der Waals surface area (Å²) < 4.78 is 17.4. The average molecular weight is 638 g/mol. The van der Waals surface area contributed by atoms with Gasteiger partial charge in [0.15, 0.2) is 0 Å². The predicted octanol–water partition coefficient (Wildman–Crippen LogP) is 9.95. The van der Waals surface area contributed by atoms with Crippen LogP contribution in [0.5, 0.6) is 5.75 Å². The third-order valence-corrected chi connectivity index (χ3v) is 8.09. The quantitative estimate of drug-likeness (QED) is 0.0639. The molecule has 0 spiro atoms. The molecule has 0 heterocycles. The molecule has 0 fully saturated rings. The molecule has 1 aliphatic carbocycles. The zero-order valence-corrected chi connectivity index (χ0v) is 29.7. The molecule has 1 aliphatic rings. The van der Waals surface area contributed by atoms with Crippen molar-refractivity contribution in [2.75, 3.05) is 19.5 Å². The first-order chi connectivity index (χ1) is 21.5. The largest absolute Gasteiger partial charge is 0.500 e. The lowest BCUT2D eigenvalue weighted by Crippen LogP contribution is -2.40. The third-order valence-electron chi connectivity index (χ3n) is 7.29. The summed E-state index contributed by atoms with van der Waals surface area (Å²) in [4.78, 5) is 16.9. The number of terminal acetylenes is 1. The van der Waals surface area contributed by atoms with Gasteiger partial charge in [-0.25, -0.2) is 4.79 Å². The molecule has 248 valence electrons. The fourth-order valence-electron chi connectivity index (χ4n) is 4.19. The van der Waals surface area contributed by atoms with Crippen LogP contribution in [-0.2, 0) is 20.7 Å². The normalized spacial score (nSPS) is 17.4. The van der Waals surface area contributed by atoms with Crippen LogP contribution in [0.4, 0.5) is 0 Å². The van der Waals surface area contributed by atoms with Crippen molar-refractivity contribution >= 4 is 23.9 Å². The van der Waals surface area contributed by atoms with E-state index in [1.54, 1.807) is 25.8 Å². The van der Waals surface area contributed by atoms with Gasteiger partial charge in [0.25, 0.3) is 0 Å². The SMILES string of the molecule is C#C.C/C=C\SCC=N/C(CCOc1ccc(CC(C)(O/C2=C/C/C=C(/C(C)(C)CC)CC=C2)C(=O)O)cc1)=C(/C)OC.CC. The van der Waals surface area contributed by atoms with Gasteiger partial charge in [0.1, 0.15) is 17.3 Å². The number of rotatable bonds is 16. The van der Waals surface area contributed by atoms with Gasteiger partial charge in [-0.15, -0.1) is 24.6 Å². The molecule has 0 aliphatic heterocycles. The highest BCUT2D eigenvalue weighted by Crippen LogP contribution is 2.34. The number of aliphatic carboxylic acids is 1. The number of nitrogens with zero attached hydrogens (tertiary/aromatic N) is 1. The summed E-state index contributed by atoms with van der Waals surface area (Å²) in [6.45, 7) is 16.7. The van der Waals surface area contributed by atoms with Crippen LogP contribution in [0.3, 0.4) is 0 Å². The minimum absolute atomic E-state index is 0.142. The summed E-state index contributed by atoms with van der Waals surface area (Å²) in [5, 5.41) is 12.1. The standard InChI is InChI=1S/C34H47NO5S.C2H6.C2H2/c1-8-23-41-24-21-35-31(26(3)38-7)20-22-39-29-18-16-27(17-19-29)25-34(6,32(36)37)40-30-14-10-12-28(13-11-15-30)33(4,5)9-2;2*1-2/h8,10,13-19,21,23H,9,11-12,20,22,24-25H2,1-7H3,(H,36,37);1-2H3;1-2H/b14-10?,23-8-,28-13+,30-15+,31-26-,35-21?;;. The van der Waals surface area contributed by atoms with Crippen LogP contribution < -0.4 is 4.74 Å². The van der Waals surface area contributed by atoms with E-state index in [2.05, 4.69) is 50.8 Å². The van der Waals surface area contributed by atoms with Gasteiger partial charge in [0, 0.05) is 24.8 Å². The molecule has 2 rings (SSSR count). The molecule has 1 aromatic rings. The Hall–Kier alpha value is -3.63. The molecule has 45 heavy (non-hydrogen) atoms. The van der Waals surface area contributed by atoms with Gasteiger partial charge in [-0.3, -0.25) is 4.99 Å². The van der Waals surface area contributed by atoms with Crippen LogP contribution in [0.25, 0.3) is 0 Å². The Kier molecular flexibility index (Phi) is 21.0. The number of ether oxygens (including phenoxy) is 3. The van der Waals surface area contributed by atoms with E-state index in [1.807, 2.05) is 81.8 Å². The summed E-state index contributed by atoms with van der Waals surface area (Å²) in [7, 11) is 1.64. The Labute approximate surface area is 277 Å². The van der Waals surface area contributed by atoms with E-state index in [9.17, 15) is 9.90 Å². The summed E-state index contributed by atoms with van der Waals surface area (Å²) in [5.41, 5.74) is 1.82. The van der Waals surface area contributed by atoms with Gasteiger partial charge in [0.05, 0.1) is 19.4 Å². The van der Waals surface area contributed by atoms with Crippen molar-refractivity contribution in [3.05, 3.63) is 88.4 Å². The first-order valence-corrected chi connectivity index (χ1v) is 16.6. The summed E-state index contributed by atoms with van der Waals surface area (Å²) in [5.74, 6) is 1.83. The van der Waals surface area contributed by atoms with Crippen molar-refractivity contribution in [1.29, 1.82) is 0 Å². The van der Waals surface area contributed by atoms with Crippen LogP contribution in [-0.4, -0.2) is 42.4 Å². The predicted molar refractivity (Wildman–Crippen MR) is 193 cm³/mol. The van der Waals surface area contributed by atoms with Crippen molar-refractivity contribution < 1.29 is 24.1 Å². The monoisotopic (exact) mass is 637 g/mol. The molecule has 0 bridgehead atoms. The summed E-state index contributed by atoms with van der Waals surface area (Å²) in [6.07, 6.45) is 23.5. The number of benzene rings is 1. The Balaban J connectivity index is 0.00000464. The zero-order valence-electron chi connectivity index (χ0n) is 28.9. The molecule has 0 amide bonds. The number of hydrogen-bond donors (Lipinski definition) is 1. The van der Waals surface area contributed by atoms with E-state index in [1.165, 1.54) is 5.57 Å². The van der Waals surface area contributed by atoms with E-state index in [0.29, 0.717) is 31.0 Å². The number of aliphatic imine (C=N–C) groups is 1. The Morgan fingerprint density at radius 3 is 2.38 bits per heavy atom. The smallest absolute Gasteiger partial charge is 0.348 e. The Bertz CT molecular complexity index is 1220. The lowest BCUT2D eigenvalue weighted by Gasteiger charge is -2.29. The second-order valence-electron chi connectivity index (χ2n) is 10.8. The maximum atomic E-state index is 12.3. The molecule has 1 N–H and O–H groups in total. The zero-order chi connectivity index (χ0) is 34.3. The van der Waals surface area contributed by atoms with Crippen molar-refractivity contribution in [1.82, 2.24) is 0 Å². The van der Waals surface area contributed by atoms with E-state index in [4.69, 9.17) is 14.2 Å². The molecule has 0 aromatic heterocycles. The number of allylic oxidation sites excluding steroid dienone is 7. The average Bonchev–Trinajstić information content (AvgIpc) is 3.03. The van der Waals surface area contributed by atoms with E-state index in [-0.39, 0.29) is 11.8 Å². The Morgan fingerprint density at radius 2 is 1.80 bits per heavy atom. The third kappa shape index (κ3) is 15.3. The second-order valence-corrected chi connectivity index (χ2v) is 11.7. The van der Waals surface area contributed by atoms with Gasteiger partial charge in [0.2, 0.25) is 5.60 Å². The minimum Gasteiger partial charge on any atom is -0.500 e. The van der Waals surface area contributed by atoms with Gasteiger partial charge in [-0.2, -0.15) is 0 Å². The number of carbonyl (C=O) groups is 1. The molecular weight excluding hydrogens is 582 g/mol. The van der Waals surface area contributed by atoms with Crippen molar-refractivity contribution in [2.24, 2.45) is 10.4 Å². The maximum Gasteiger partial charge on any atom is 0.348 e. The van der Waals surface area contributed by atoms with Crippen molar-refractivity contribution in [3.63, 3.8) is 0 Å². The van der Waals surface area contributed by atoms with Gasteiger partial charge in [-0.1, -0.05) is 70.6 Å². The van der Waals surface area contributed by atoms with E-state index in [0.717, 1.165) is 35.6 Å². The van der Waals surface area contributed by atoms with E-state index < -0.39 is 11.6 Å². The highest BCUT2D eigenvalue weighted by molar-refractivity contribution is 8.02. The van der Waals surface area contributed by atoms with Crippen LogP contribution in [0, 0.1) is 18.3 Å². The molecular formula is C38H55NO5S. The first-order valence-electron chi connectivity index (χ1n) is 15.6. The molecule has 0 saturated heterocycles. The summed E-state index contributed by atoms with van der Waals surface area (Å²) in [6, 6.07) is 7.49. The minimum atomic E-state index is -1.41. The number of thioether (sulfide) groups is 1. The topological polar surface area (TPSA) is 77.4 Å². The highest BCUT2D eigenvalue weighted by atomic mass is 32.2. The fraction of sp³-hybridized carbons (Fsp3) is 0.474. The number of methoxy groups -OCH3 is 1. The molecule has 0 saturated carbocycles. The van der Waals surface area contributed by atoms with Crippen molar-refractivity contribution in [2.45, 2.75) is 93.1 Å². The highest BCUT2D eigenvalue weighted by Gasteiger charge is 2.36. The molecule has 0 radical (unpaired) electrons. The van der Waals surface area contributed by atoms with Crippen LogP contribution in [0.1, 0.15) is 86.6 Å². The van der Waals surface area contributed by atoms with Crippen LogP contribution >= 0.6 is 11.8 Å². The van der Waals surface area contributed by atoms with Gasteiger partial charge in [-0.05, 0) is 80.7 Å². The molecule has 1 atom stereocenters.